The Kier molecular flexibility index (Phi) is 2.53. The van der Waals surface area contributed by atoms with E-state index in [1.165, 1.54) is 0 Å². The average molecular weight is 188 g/mol. The number of aryl methyl sites for hydroxylation is 3. The van der Waals surface area contributed by atoms with Crippen LogP contribution in [0.4, 0.5) is 0 Å². The molecule has 0 fully saturated rings. The van der Waals surface area contributed by atoms with Gasteiger partial charge in [0.1, 0.15) is 0 Å². The Morgan fingerprint density at radius 1 is 1.36 bits per heavy atom. The standard InChI is InChI=1S/C10H12N4/c1-9-3-2-4-10(12-9)5-7-14-8-6-11-13-14/h2-4,6,8H,5,7H2,1H3. The first-order chi connectivity index (χ1) is 6.84. The second-order valence-electron chi connectivity index (χ2n) is 3.19. The van der Waals surface area contributed by atoms with E-state index in [1.54, 1.807) is 6.20 Å². The molecule has 2 heterocycles. The van der Waals surface area contributed by atoms with E-state index in [1.807, 2.05) is 36.0 Å². The summed E-state index contributed by atoms with van der Waals surface area (Å²) < 4.78 is 1.81. The Labute approximate surface area is 82.6 Å². The molecule has 0 unspecified atom stereocenters. The smallest absolute Gasteiger partial charge is 0.0692 e. The van der Waals surface area contributed by atoms with E-state index < -0.39 is 0 Å². The third kappa shape index (κ3) is 2.16. The number of aromatic nitrogens is 4. The van der Waals surface area contributed by atoms with Crippen LogP contribution in [0.15, 0.2) is 30.6 Å². The second-order valence-corrected chi connectivity index (χ2v) is 3.19. The molecule has 0 spiro atoms. The topological polar surface area (TPSA) is 43.6 Å². The summed E-state index contributed by atoms with van der Waals surface area (Å²) in [4.78, 5) is 4.41. The third-order valence-electron chi connectivity index (χ3n) is 2.01. The van der Waals surface area contributed by atoms with Gasteiger partial charge in [0, 0.05) is 30.6 Å². The van der Waals surface area contributed by atoms with E-state index in [-0.39, 0.29) is 0 Å². The largest absolute Gasteiger partial charge is 0.258 e. The van der Waals surface area contributed by atoms with Gasteiger partial charge in [-0.2, -0.15) is 0 Å². The highest BCUT2D eigenvalue weighted by Crippen LogP contribution is 2.00. The maximum atomic E-state index is 4.41. The predicted molar refractivity (Wildman–Crippen MR) is 52.7 cm³/mol. The van der Waals surface area contributed by atoms with Crippen molar-refractivity contribution < 1.29 is 0 Å². The van der Waals surface area contributed by atoms with E-state index in [0.717, 1.165) is 24.4 Å². The van der Waals surface area contributed by atoms with Crippen LogP contribution >= 0.6 is 0 Å². The van der Waals surface area contributed by atoms with Gasteiger partial charge in [-0.05, 0) is 19.1 Å². The quantitative estimate of drug-likeness (QED) is 0.727. The minimum atomic E-state index is 0.830. The maximum Gasteiger partial charge on any atom is 0.0692 e. The van der Waals surface area contributed by atoms with Crippen molar-refractivity contribution in [3.05, 3.63) is 42.0 Å². The molecule has 0 radical (unpaired) electrons. The van der Waals surface area contributed by atoms with Crippen LogP contribution in [0.2, 0.25) is 0 Å². The highest BCUT2D eigenvalue weighted by molar-refractivity contribution is 5.09. The molecule has 0 bridgehead atoms. The van der Waals surface area contributed by atoms with Crippen LogP contribution in [0.25, 0.3) is 0 Å². The van der Waals surface area contributed by atoms with Crippen molar-refractivity contribution in [1.82, 2.24) is 20.0 Å². The predicted octanol–water partition coefficient (Wildman–Crippen LogP) is 1.22. The molecule has 0 aliphatic carbocycles. The van der Waals surface area contributed by atoms with Crippen molar-refractivity contribution >= 4 is 0 Å². The first kappa shape index (κ1) is 8.87. The van der Waals surface area contributed by atoms with Gasteiger partial charge < -0.3 is 0 Å². The summed E-state index contributed by atoms with van der Waals surface area (Å²) >= 11 is 0. The number of hydrogen-bond acceptors (Lipinski definition) is 3. The summed E-state index contributed by atoms with van der Waals surface area (Å²) in [6.45, 7) is 2.83. The average Bonchev–Trinajstić information content (AvgIpc) is 2.67. The monoisotopic (exact) mass is 188 g/mol. The molecule has 2 rings (SSSR count). The molecule has 0 amide bonds. The normalized spacial score (nSPS) is 10.4. The zero-order valence-corrected chi connectivity index (χ0v) is 8.09. The van der Waals surface area contributed by atoms with Gasteiger partial charge >= 0.3 is 0 Å². The molecule has 0 aliphatic heterocycles. The number of hydrogen-bond donors (Lipinski definition) is 0. The lowest BCUT2D eigenvalue weighted by molar-refractivity contribution is 0.583. The van der Waals surface area contributed by atoms with Crippen molar-refractivity contribution in [2.24, 2.45) is 0 Å². The van der Waals surface area contributed by atoms with Crippen molar-refractivity contribution in [1.29, 1.82) is 0 Å². The Bertz CT molecular complexity index is 394. The lowest BCUT2D eigenvalue weighted by Gasteiger charge is -2.01. The Hall–Kier alpha value is -1.71. The van der Waals surface area contributed by atoms with E-state index in [9.17, 15) is 0 Å². The van der Waals surface area contributed by atoms with Gasteiger partial charge in [0.15, 0.2) is 0 Å². The highest BCUT2D eigenvalue weighted by atomic mass is 15.4. The molecule has 4 nitrogen and oxygen atoms in total. The third-order valence-corrected chi connectivity index (χ3v) is 2.01. The zero-order chi connectivity index (χ0) is 9.80. The van der Waals surface area contributed by atoms with Gasteiger partial charge in [0.25, 0.3) is 0 Å². The zero-order valence-electron chi connectivity index (χ0n) is 8.09. The fourth-order valence-electron chi connectivity index (χ4n) is 1.32. The maximum absolute atomic E-state index is 4.41. The van der Waals surface area contributed by atoms with Crippen molar-refractivity contribution in [3.63, 3.8) is 0 Å². The highest BCUT2D eigenvalue weighted by Gasteiger charge is 1.96. The summed E-state index contributed by atoms with van der Waals surface area (Å²) in [5.74, 6) is 0. The molecule has 0 aliphatic rings. The Balaban J connectivity index is 1.98. The SMILES string of the molecule is Cc1cccc(CCn2ccnn2)n1. The number of nitrogens with zero attached hydrogens (tertiary/aromatic N) is 4. The molecule has 4 heteroatoms. The first-order valence-electron chi connectivity index (χ1n) is 4.61. The summed E-state index contributed by atoms with van der Waals surface area (Å²) in [5.41, 5.74) is 2.15. The number of pyridine rings is 1. The van der Waals surface area contributed by atoms with E-state index in [2.05, 4.69) is 15.3 Å². The van der Waals surface area contributed by atoms with Crippen LogP contribution in [0.5, 0.6) is 0 Å². The molecule has 72 valence electrons. The Morgan fingerprint density at radius 2 is 2.29 bits per heavy atom. The van der Waals surface area contributed by atoms with Crippen molar-refractivity contribution in [2.45, 2.75) is 19.9 Å². The number of rotatable bonds is 3. The molecular weight excluding hydrogens is 176 g/mol. The molecule has 0 saturated heterocycles. The lowest BCUT2D eigenvalue weighted by Crippen LogP contribution is -2.03. The molecule has 0 atom stereocenters. The van der Waals surface area contributed by atoms with Gasteiger partial charge in [-0.3, -0.25) is 9.67 Å². The van der Waals surface area contributed by atoms with Gasteiger partial charge in [0.05, 0.1) is 6.20 Å². The Morgan fingerprint density at radius 3 is 3.00 bits per heavy atom. The van der Waals surface area contributed by atoms with Crippen LogP contribution in [0.1, 0.15) is 11.4 Å². The van der Waals surface area contributed by atoms with E-state index >= 15 is 0 Å². The minimum Gasteiger partial charge on any atom is -0.258 e. The van der Waals surface area contributed by atoms with Crippen LogP contribution in [0, 0.1) is 6.92 Å². The first-order valence-corrected chi connectivity index (χ1v) is 4.61. The van der Waals surface area contributed by atoms with Crippen molar-refractivity contribution in [2.75, 3.05) is 0 Å². The van der Waals surface area contributed by atoms with Crippen LogP contribution in [-0.4, -0.2) is 20.0 Å². The van der Waals surface area contributed by atoms with Gasteiger partial charge in [-0.15, -0.1) is 5.10 Å². The summed E-state index contributed by atoms with van der Waals surface area (Å²) in [5, 5.41) is 7.64. The van der Waals surface area contributed by atoms with Crippen LogP contribution in [-0.2, 0) is 13.0 Å². The summed E-state index contributed by atoms with van der Waals surface area (Å²) in [6, 6.07) is 6.06. The molecule has 2 aromatic heterocycles. The van der Waals surface area contributed by atoms with Gasteiger partial charge in [-0.1, -0.05) is 11.3 Å². The van der Waals surface area contributed by atoms with Gasteiger partial charge in [-0.25, -0.2) is 0 Å². The molecule has 0 N–H and O–H groups in total. The van der Waals surface area contributed by atoms with E-state index in [0.29, 0.717) is 0 Å². The summed E-state index contributed by atoms with van der Waals surface area (Å²) in [7, 11) is 0. The van der Waals surface area contributed by atoms with E-state index in [4.69, 9.17) is 0 Å². The minimum absolute atomic E-state index is 0.830. The molecular formula is C10H12N4. The van der Waals surface area contributed by atoms with Gasteiger partial charge in [0.2, 0.25) is 0 Å². The fraction of sp³-hybridized carbons (Fsp3) is 0.300. The fourth-order valence-corrected chi connectivity index (χ4v) is 1.32. The lowest BCUT2D eigenvalue weighted by atomic mass is 10.2. The van der Waals surface area contributed by atoms with Crippen LogP contribution < -0.4 is 0 Å². The second kappa shape index (κ2) is 4.00. The molecule has 2 aromatic rings. The molecule has 14 heavy (non-hydrogen) atoms. The van der Waals surface area contributed by atoms with Crippen molar-refractivity contribution in [3.8, 4) is 0 Å². The van der Waals surface area contributed by atoms with Crippen LogP contribution in [0.3, 0.4) is 0 Å². The molecule has 0 saturated carbocycles. The molecule has 0 aromatic carbocycles. The summed E-state index contributed by atoms with van der Waals surface area (Å²) in [6.07, 6.45) is 4.44.